The van der Waals surface area contributed by atoms with E-state index < -0.39 is 0 Å². The molecule has 0 heterocycles. The van der Waals surface area contributed by atoms with Gasteiger partial charge in [-0.2, -0.15) is 0 Å². The first-order chi connectivity index (χ1) is 11.3. The third-order valence-electron chi connectivity index (χ3n) is 3.15. The van der Waals surface area contributed by atoms with Gasteiger partial charge in [-0.05, 0) is 31.0 Å². The maximum absolute atomic E-state index is 11.7. The molecule has 0 saturated carbocycles. The molecule has 2 aromatic rings. The van der Waals surface area contributed by atoms with E-state index in [-0.39, 0.29) is 12.8 Å². The van der Waals surface area contributed by atoms with Gasteiger partial charge in [-0.1, -0.05) is 42.5 Å². The highest BCUT2D eigenvalue weighted by molar-refractivity contribution is 5.73. The second-order valence-corrected chi connectivity index (χ2v) is 4.84. The predicted molar refractivity (Wildman–Crippen MR) is 89.8 cm³/mol. The van der Waals surface area contributed by atoms with Crippen molar-refractivity contribution in [2.75, 3.05) is 19.9 Å². The largest absolute Gasteiger partial charge is 0.490 e. The number of nitrogens with one attached hydrogen (secondary N) is 2. The van der Waals surface area contributed by atoms with E-state index in [9.17, 15) is 4.79 Å². The second-order valence-electron chi connectivity index (χ2n) is 4.84. The molecule has 0 bridgehead atoms. The molecule has 5 heteroatoms. The number of carbonyl (C=O) groups is 1. The summed E-state index contributed by atoms with van der Waals surface area (Å²) in [5.74, 6) is 1.28. The number of rotatable bonds is 8. The lowest BCUT2D eigenvalue weighted by Gasteiger charge is -2.12. The van der Waals surface area contributed by atoms with Gasteiger partial charge in [0.05, 0.1) is 6.61 Å². The van der Waals surface area contributed by atoms with E-state index in [1.54, 1.807) is 6.07 Å². The second kappa shape index (κ2) is 9.35. The monoisotopic (exact) mass is 314 g/mol. The van der Waals surface area contributed by atoms with Crippen LogP contribution >= 0.6 is 0 Å². The lowest BCUT2D eigenvalue weighted by Crippen LogP contribution is -2.38. The molecule has 2 rings (SSSR count). The fraction of sp³-hybridized carbons (Fsp3) is 0.278. The van der Waals surface area contributed by atoms with E-state index >= 15 is 0 Å². The van der Waals surface area contributed by atoms with Crippen molar-refractivity contribution in [1.82, 2.24) is 10.6 Å². The van der Waals surface area contributed by atoms with Crippen LogP contribution in [0.15, 0.2) is 54.6 Å². The lowest BCUT2D eigenvalue weighted by molar-refractivity contribution is 0.220. The average molecular weight is 314 g/mol. The quantitative estimate of drug-likeness (QED) is 0.737. The average Bonchev–Trinajstić information content (AvgIpc) is 2.58. The lowest BCUT2D eigenvalue weighted by atomic mass is 10.1. The van der Waals surface area contributed by atoms with Gasteiger partial charge in [-0.3, -0.25) is 0 Å². The molecule has 2 amide bonds. The normalized spacial score (nSPS) is 9.96. The van der Waals surface area contributed by atoms with Gasteiger partial charge in [0.1, 0.15) is 0 Å². The summed E-state index contributed by atoms with van der Waals surface area (Å²) in [6, 6.07) is 17.1. The molecule has 0 aliphatic carbocycles. The molecule has 5 nitrogen and oxygen atoms in total. The molecular weight excluding hydrogens is 292 g/mol. The Balaban J connectivity index is 1.67. The first-order valence-corrected chi connectivity index (χ1v) is 7.70. The summed E-state index contributed by atoms with van der Waals surface area (Å²) in [6.07, 6.45) is 0.794. The van der Waals surface area contributed by atoms with E-state index in [4.69, 9.17) is 9.47 Å². The van der Waals surface area contributed by atoms with Crippen LogP contribution < -0.4 is 20.1 Å². The van der Waals surface area contributed by atoms with E-state index in [2.05, 4.69) is 10.6 Å². The first-order valence-electron chi connectivity index (χ1n) is 7.70. The van der Waals surface area contributed by atoms with E-state index in [1.165, 1.54) is 5.56 Å². The number of ether oxygens (including phenoxy) is 2. The Morgan fingerprint density at radius 3 is 2.26 bits per heavy atom. The smallest absolute Gasteiger partial charge is 0.317 e. The minimum atomic E-state index is -0.255. The topological polar surface area (TPSA) is 59.6 Å². The summed E-state index contributed by atoms with van der Waals surface area (Å²) >= 11 is 0. The van der Waals surface area contributed by atoms with Crippen molar-refractivity contribution in [3.05, 3.63) is 60.2 Å². The van der Waals surface area contributed by atoms with Gasteiger partial charge in [0.25, 0.3) is 0 Å². The maximum atomic E-state index is 11.7. The summed E-state index contributed by atoms with van der Waals surface area (Å²) in [5.41, 5.74) is 1.19. The number of urea groups is 1. The number of amides is 2. The van der Waals surface area contributed by atoms with Crippen LogP contribution in [-0.2, 0) is 6.42 Å². The van der Waals surface area contributed by atoms with Crippen molar-refractivity contribution in [1.29, 1.82) is 0 Å². The zero-order valence-corrected chi connectivity index (χ0v) is 13.2. The maximum Gasteiger partial charge on any atom is 0.317 e. The van der Waals surface area contributed by atoms with Crippen LogP contribution in [0.25, 0.3) is 0 Å². The number of hydrogen-bond acceptors (Lipinski definition) is 3. The summed E-state index contributed by atoms with van der Waals surface area (Å²) in [7, 11) is 0. The van der Waals surface area contributed by atoms with Gasteiger partial charge in [0.2, 0.25) is 0 Å². The predicted octanol–water partition coefficient (Wildman–Crippen LogP) is 2.96. The van der Waals surface area contributed by atoms with Crippen molar-refractivity contribution in [2.45, 2.75) is 13.3 Å². The van der Waals surface area contributed by atoms with Crippen molar-refractivity contribution >= 4 is 6.03 Å². The molecule has 0 saturated heterocycles. The Kier molecular flexibility index (Phi) is 6.78. The highest BCUT2D eigenvalue weighted by Gasteiger charge is 2.04. The summed E-state index contributed by atoms with van der Waals surface area (Å²) in [5, 5.41) is 5.45. The summed E-state index contributed by atoms with van der Waals surface area (Å²) in [6.45, 7) is 3.13. The van der Waals surface area contributed by atoms with Crippen molar-refractivity contribution in [3.63, 3.8) is 0 Å². The molecule has 0 aliphatic rings. The fourth-order valence-electron chi connectivity index (χ4n) is 2.05. The van der Waals surface area contributed by atoms with Gasteiger partial charge in [0.15, 0.2) is 18.2 Å². The Labute approximate surface area is 136 Å². The molecule has 0 spiro atoms. The van der Waals surface area contributed by atoms with Gasteiger partial charge in [0, 0.05) is 6.54 Å². The number of para-hydroxylation sites is 2. The number of carbonyl (C=O) groups excluding carboxylic acids is 1. The molecule has 0 unspecified atom stereocenters. The Morgan fingerprint density at radius 2 is 1.57 bits per heavy atom. The van der Waals surface area contributed by atoms with E-state index in [0.717, 1.165) is 6.42 Å². The Morgan fingerprint density at radius 1 is 0.913 bits per heavy atom. The van der Waals surface area contributed by atoms with Crippen LogP contribution in [0.2, 0.25) is 0 Å². The standard InChI is InChI=1S/C18H22N2O3/c1-2-22-16-10-6-7-11-17(16)23-14-20-18(21)19-13-12-15-8-4-3-5-9-15/h3-11H,2,12-14H2,1H3,(H2,19,20,21). The van der Waals surface area contributed by atoms with Gasteiger partial charge >= 0.3 is 6.03 Å². The molecule has 0 atom stereocenters. The number of hydrogen-bond donors (Lipinski definition) is 2. The van der Waals surface area contributed by atoms with E-state index in [1.807, 2.05) is 55.5 Å². The first kappa shape index (κ1) is 16.7. The zero-order valence-electron chi connectivity index (χ0n) is 13.2. The van der Waals surface area contributed by atoms with Gasteiger partial charge < -0.3 is 20.1 Å². The highest BCUT2D eigenvalue weighted by Crippen LogP contribution is 2.25. The SMILES string of the molecule is CCOc1ccccc1OCNC(=O)NCCc1ccccc1. The zero-order chi connectivity index (χ0) is 16.3. The number of benzene rings is 2. The molecular formula is C18H22N2O3. The van der Waals surface area contributed by atoms with E-state index in [0.29, 0.717) is 24.7 Å². The fourth-order valence-corrected chi connectivity index (χ4v) is 2.05. The third-order valence-corrected chi connectivity index (χ3v) is 3.15. The summed E-state index contributed by atoms with van der Waals surface area (Å²) in [4.78, 5) is 11.7. The van der Waals surface area contributed by atoms with Crippen LogP contribution in [0.3, 0.4) is 0 Å². The van der Waals surface area contributed by atoms with Crippen LogP contribution in [0.5, 0.6) is 11.5 Å². The van der Waals surface area contributed by atoms with Crippen LogP contribution in [-0.4, -0.2) is 25.9 Å². The molecule has 0 aliphatic heterocycles. The van der Waals surface area contributed by atoms with Gasteiger partial charge in [-0.25, -0.2) is 4.79 Å². The Bertz CT molecular complexity index is 602. The van der Waals surface area contributed by atoms with Crippen molar-refractivity contribution in [2.24, 2.45) is 0 Å². The molecule has 2 aromatic carbocycles. The van der Waals surface area contributed by atoms with Crippen molar-refractivity contribution < 1.29 is 14.3 Å². The molecule has 2 N–H and O–H groups in total. The van der Waals surface area contributed by atoms with Crippen LogP contribution in [0.4, 0.5) is 4.79 Å². The van der Waals surface area contributed by atoms with Crippen LogP contribution in [0.1, 0.15) is 12.5 Å². The summed E-state index contributed by atoms with van der Waals surface area (Å²) < 4.78 is 11.0. The molecule has 0 fully saturated rings. The molecule has 0 aromatic heterocycles. The third kappa shape index (κ3) is 5.90. The minimum absolute atomic E-state index is 0.0846. The van der Waals surface area contributed by atoms with Crippen LogP contribution in [0, 0.1) is 0 Å². The Hall–Kier alpha value is -2.69. The highest BCUT2D eigenvalue weighted by atomic mass is 16.5. The molecule has 122 valence electrons. The minimum Gasteiger partial charge on any atom is -0.490 e. The molecule has 0 radical (unpaired) electrons. The van der Waals surface area contributed by atoms with Crippen molar-refractivity contribution in [3.8, 4) is 11.5 Å². The van der Waals surface area contributed by atoms with Gasteiger partial charge in [-0.15, -0.1) is 0 Å². The molecule has 23 heavy (non-hydrogen) atoms.